The van der Waals surface area contributed by atoms with Crippen molar-refractivity contribution in [1.82, 2.24) is 0 Å². The van der Waals surface area contributed by atoms with Crippen LogP contribution in [0.2, 0.25) is 0 Å². The van der Waals surface area contributed by atoms with Gasteiger partial charge in [0.15, 0.2) is 0 Å². The summed E-state index contributed by atoms with van der Waals surface area (Å²) in [5, 5.41) is 0. The monoisotopic (exact) mass is 253 g/mol. The van der Waals surface area contributed by atoms with Crippen LogP contribution in [0.5, 0.6) is 0 Å². The average Bonchev–Trinajstić information content (AvgIpc) is 2.27. The number of ether oxygens (including phenoxy) is 1. The summed E-state index contributed by atoms with van der Waals surface area (Å²) in [7, 11) is 0. The topological polar surface area (TPSA) is 12.5 Å². The Balaban J connectivity index is 2.19. The number of alkyl halides is 1. The number of halogens is 1. The lowest BCUT2D eigenvalue weighted by Crippen LogP contribution is -2.48. The van der Waals surface area contributed by atoms with Crippen LogP contribution in [-0.4, -0.2) is 25.3 Å². The third-order valence-corrected chi connectivity index (χ3v) is 3.55. The first-order valence-corrected chi connectivity index (χ1v) is 6.60. The van der Waals surface area contributed by atoms with Gasteiger partial charge in [0.1, 0.15) is 0 Å². The quantitative estimate of drug-likeness (QED) is 0.750. The molecule has 0 radical (unpaired) electrons. The molecule has 1 aromatic rings. The van der Waals surface area contributed by atoms with Crippen LogP contribution < -0.4 is 4.90 Å². The van der Waals surface area contributed by atoms with Gasteiger partial charge in [0.2, 0.25) is 0 Å². The molecule has 94 valence electrons. The lowest BCUT2D eigenvalue weighted by Gasteiger charge is -2.39. The van der Waals surface area contributed by atoms with Crippen molar-refractivity contribution in [3.8, 4) is 0 Å². The Kier molecular flexibility index (Phi) is 3.64. The van der Waals surface area contributed by atoms with Gasteiger partial charge >= 0.3 is 0 Å². The Morgan fingerprint density at radius 2 is 2.18 bits per heavy atom. The number of rotatable bonds is 2. The van der Waals surface area contributed by atoms with Crippen molar-refractivity contribution >= 4 is 17.3 Å². The zero-order valence-corrected chi connectivity index (χ0v) is 11.5. The van der Waals surface area contributed by atoms with Gasteiger partial charge in [0.25, 0.3) is 0 Å². The molecule has 0 aliphatic carbocycles. The highest BCUT2D eigenvalue weighted by Crippen LogP contribution is 2.25. The van der Waals surface area contributed by atoms with E-state index < -0.39 is 0 Å². The molecule has 1 aliphatic rings. The molecule has 1 fully saturated rings. The largest absolute Gasteiger partial charge is 0.372 e. The molecule has 3 heteroatoms. The Bertz CT molecular complexity index is 403. The minimum atomic E-state index is -0.0582. The van der Waals surface area contributed by atoms with E-state index in [1.165, 1.54) is 16.8 Å². The lowest BCUT2D eigenvalue weighted by atomic mass is 10.0. The van der Waals surface area contributed by atoms with Gasteiger partial charge in [-0.2, -0.15) is 0 Å². The summed E-state index contributed by atoms with van der Waals surface area (Å²) < 4.78 is 5.73. The summed E-state index contributed by atoms with van der Waals surface area (Å²) in [6.07, 6.45) is 0. The SMILES string of the molecule is Cc1cc(N2CCOC(C)(C)C2)ccc1CCl. The van der Waals surface area contributed by atoms with Crippen molar-refractivity contribution < 1.29 is 4.74 Å². The van der Waals surface area contributed by atoms with Crippen molar-refractivity contribution in [2.45, 2.75) is 32.3 Å². The van der Waals surface area contributed by atoms with Crippen LogP contribution in [0.4, 0.5) is 5.69 Å². The van der Waals surface area contributed by atoms with Crippen molar-refractivity contribution in [3.63, 3.8) is 0 Å². The van der Waals surface area contributed by atoms with Crippen LogP contribution in [0.15, 0.2) is 18.2 Å². The fourth-order valence-corrected chi connectivity index (χ4v) is 2.56. The second-order valence-corrected chi connectivity index (χ2v) is 5.54. The second-order valence-electron chi connectivity index (χ2n) is 5.27. The maximum absolute atomic E-state index is 5.88. The number of aryl methyl sites for hydroxylation is 1. The van der Waals surface area contributed by atoms with Crippen LogP contribution in [0, 0.1) is 6.92 Å². The highest BCUT2D eigenvalue weighted by Gasteiger charge is 2.27. The van der Waals surface area contributed by atoms with Gasteiger partial charge in [-0.05, 0) is 44.0 Å². The molecule has 17 heavy (non-hydrogen) atoms. The molecular formula is C14H20ClNO. The fraction of sp³-hybridized carbons (Fsp3) is 0.571. The van der Waals surface area contributed by atoms with E-state index in [1.54, 1.807) is 0 Å². The van der Waals surface area contributed by atoms with Gasteiger partial charge in [0, 0.05) is 24.7 Å². The van der Waals surface area contributed by atoms with Crippen molar-refractivity contribution in [2.75, 3.05) is 24.6 Å². The summed E-state index contributed by atoms with van der Waals surface area (Å²) in [5.41, 5.74) is 3.69. The molecule has 2 nitrogen and oxygen atoms in total. The smallest absolute Gasteiger partial charge is 0.0801 e. The maximum atomic E-state index is 5.88. The van der Waals surface area contributed by atoms with Gasteiger partial charge < -0.3 is 9.64 Å². The van der Waals surface area contributed by atoms with E-state index in [-0.39, 0.29) is 5.60 Å². The Labute approximate surface area is 109 Å². The summed E-state index contributed by atoms with van der Waals surface area (Å²) >= 11 is 5.88. The number of benzene rings is 1. The number of morpholine rings is 1. The summed E-state index contributed by atoms with van der Waals surface area (Å²) in [4.78, 5) is 2.38. The van der Waals surface area contributed by atoms with Crippen molar-refractivity contribution in [2.24, 2.45) is 0 Å². The minimum absolute atomic E-state index is 0.0582. The summed E-state index contributed by atoms with van der Waals surface area (Å²) in [5.74, 6) is 0.584. The highest BCUT2D eigenvalue weighted by atomic mass is 35.5. The molecule has 1 aliphatic heterocycles. The maximum Gasteiger partial charge on any atom is 0.0801 e. The molecule has 0 amide bonds. The van der Waals surface area contributed by atoms with Crippen LogP contribution in [0.25, 0.3) is 0 Å². The van der Waals surface area contributed by atoms with E-state index in [9.17, 15) is 0 Å². The normalized spacial score (nSPS) is 19.4. The Morgan fingerprint density at radius 1 is 1.41 bits per heavy atom. The van der Waals surface area contributed by atoms with Crippen LogP contribution in [0.1, 0.15) is 25.0 Å². The predicted octanol–water partition coefficient (Wildman–Crippen LogP) is 3.35. The first kappa shape index (κ1) is 12.7. The van der Waals surface area contributed by atoms with Gasteiger partial charge in [-0.15, -0.1) is 11.6 Å². The minimum Gasteiger partial charge on any atom is -0.372 e. The zero-order chi connectivity index (χ0) is 12.5. The van der Waals surface area contributed by atoms with E-state index in [0.29, 0.717) is 5.88 Å². The van der Waals surface area contributed by atoms with Crippen molar-refractivity contribution in [3.05, 3.63) is 29.3 Å². The second kappa shape index (κ2) is 4.87. The number of anilines is 1. The molecule has 0 unspecified atom stereocenters. The lowest BCUT2D eigenvalue weighted by molar-refractivity contribution is -0.0276. The third-order valence-electron chi connectivity index (χ3n) is 3.26. The predicted molar refractivity (Wildman–Crippen MR) is 73.0 cm³/mol. The van der Waals surface area contributed by atoms with Gasteiger partial charge in [-0.1, -0.05) is 6.07 Å². The van der Waals surface area contributed by atoms with E-state index in [2.05, 4.69) is 43.9 Å². The van der Waals surface area contributed by atoms with Gasteiger partial charge in [-0.3, -0.25) is 0 Å². The van der Waals surface area contributed by atoms with E-state index >= 15 is 0 Å². The van der Waals surface area contributed by atoms with Crippen LogP contribution >= 0.6 is 11.6 Å². The molecule has 0 aromatic heterocycles. The molecule has 1 saturated heterocycles. The molecule has 2 rings (SSSR count). The average molecular weight is 254 g/mol. The number of hydrogen-bond acceptors (Lipinski definition) is 2. The first-order valence-electron chi connectivity index (χ1n) is 6.06. The fourth-order valence-electron chi connectivity index (χ4n) is 2.26. The molecule has 0 spiro atoms. The van der Waals surface area contributed by atoms with E-state index in [0.717, 1.165) is 19.7 Å². The first-order chi connectivity index (χ1) is 8.02. The summed E-state index contributed by atoms with van der Waals surface area (Å²) in [6, 6.07) is 6.51. The zero-order valence-electron chi connectivity index (χ0n) is 10.8. The summed E-state index contributed by atoms with van der Waals surface area (Å²) in [6.45, 7) is 9.09. The van der Waals surface area contributed by atoms with Crippen molar-refractivity contribution in [1.29, 1.82) is 0 Å². The third kappa shape index (κ3) is 2.93. The van der Waals surface area contributed by atoms with Gasteiger partial charge in [-0.25, -0.2) is 0 Å². The Hall–Kier alpha value is -0.730. The molecule has 1 aromatic carbocycles. The van der Waals surface area contributed by atoms with E-state index in [4.69, 9.17) is 16.3 Å². The standard InChI is InChI=1S/C14H20ClNO/c1-11-8-13(5-4-12(11)9-15)16-6-7-17-14(2,3)10-16/h4-5,8H,6-7,9-10H2,1-3H3. The molecule has 1 heterocycles. The number of hydrogen-bond donors (Lipinski definition) is 0. The molecule has 0 bridgehead atoms. The van der Waals surface area contributed by atoms with Gasteiger partial charge in [0.05, 0.1) is 12.2 Å². The van der Waals surface area contributed by atoms with Crippen LogP contribution in [0.3, 0.4) is 0 Å². The molecule has 0 N–H and O–H groups in total. The number of nitrogens with zero attached hydrogens (tertiary/aromatic N) is 1. The molecular weight excluding hydrogens is 234 g/mol. The molecule has 0 saturated carbocycles. The van der Waals surface area contributed by atoms with Crippen LogP contribution in [-0.2, 0) is 10.6 Å². The molecule has 0 atom stereocenters. The highest BCUT2D eigenvalue weighted by molar-refractivity contribution is 6.17. The van der Waals surface area contributed by atoms with E-state index in [1.807, 2.05) is 0 Å². The Morgan fingerprint density at radius 3 is 2.76 bits per heavy atom.